The van der Waals surface area contributed by atoms with Crippen molar-refractivity contribution < 1.29 is 18.3 Å². The zero-order chi connectivity index (χ0) is 17.1. The number of rotatable bonds is 5. The third-order valence-corrected chi connectivity index (χ3v) is 4.46. The first-order chi connectivity index (χ1) is 11.6. The molecule has 24 heavy (non-hydrogen) atoms. The summed E-state index contributed by atoms with van der Waals surface area (Å²) >= 11 is 0. The Morgan fingerprint density at radius 3 is 2.96 bits per heavy atom. The zero-order valence-corrected chi connectivity index (χ0v) is 14.3. The van der Waals surface area contributed by atoms with Gasteiger partial charge >= 0.3 is 0 Å². The average molecular weight is 334 g/mol. The zero-order valence-electron chi connectivity index (χ0n) is 14.3. The first-order valence-corrected chi connectivity index (χ1v) is 8.16. The van der Waals surface area contributed by atoms with Gasteiger partial charge in [-0.2, -0.15) is 0 Å². The van der Waals surface area contributed by atoms with Crippen molar-refractivity contribution in [2.24, 2.45) is 0 Å². The molecule has 1 aliphatic rings. The lowest BCUT2D eigenvalue weighted by atomic mass is 10.1. The third kappa shape index (κ3) is 3.60. The largest absolute Gasteiger partial charge is 0.494 e. The molecule has 6 heteroatoms. The van der Waals surface area contributed by atoms with E-state index in [4.69, 9.17) is 13.9 Å². The number of piperidine rings is 1. The molecule has 0 N–H and O–H groups in total. The number of aryl methyl sites for hydroxylation is 1. The highest BCUT2D eigenvalue weighted by atomic mass is 19.1. The number of halogens is 1. The van der Waals surface area contributed by atoms with Crippen LogP contribution >= 0.6 is 0 Å². The van der Waals surface area contributed by atoms with E-state index >= 15 is 0 Å². The minimum Gasteiger partial charge on any atom is -0.494 e. The van der Waals surface area contributed by atoms with Crippen molar-refractivity contribution in [3.05, 3.63) is 35.5 Å². The number of hydrogen-bond acceptors (Lipinski definition) is 5. The lowest BCUT2D eigenvalue weighted by Crippen LogP contribution is -2.38. The van der Waals surface area contributed by atoms with E-state index in [0.717, 1.165) is 43.9 Å². The van der Waals surface area contributed by atoms with Crippen molar-refractivity contribution in [2.45, 2.75) is 32.4 Å². The van der Waals surface area contributed by atoms with Gasteiger partial charge in [-0.15, -0.1) is 0 Å². The molecule has 0 spiro atoms. The standard InChI is InChI=1S/C18H23FN2O3/c1-12-16(11-21-8-4-5-14(10-21)22-2)20-18(24-12)13-6-7-15(19)17(9-13)23-3/h6-7,9,14H,4-5,8,10-11H2,1-3H3/t14-/m0/s1. The molecule has 0 saturated carbocycles. The molecule has 1 atom stereocenters. The molecule has 2 heterocycles. The molecule has 0 unspecified atom stereocenters. The van der Waals surface area contributed by atoms with Crippen LogP contribution in [0, 0.1) is 12.7 Å². The summed E-state index contributed by atoms with van der Waals surface area (Å²) in [4.78, 5) is 6.93. The summed E-state index contributed by atoms with van der Waals surface area (Å²) < 4.78 is 29.8. The average Bonchev–Trinajstić information content (AvgIpc) is 2.96. The van der Waals surface area contributed by atoms with E-state index in [1.165, 1.54) is 13.2 Å². The number of benzene rings is 1. The summed E-state index contributed by atoms with van der Waals surface area (Å²) in [5.74, 6) is 1.06. The monoisotopic (exact) mass is 334 g/mol. The van der Waals surface area contributed by atoms with Gasteiger partial charge in [0.2, 0.25) is 5.89 Å². The second-order valence-corrected chi connectivity index (χ2v) is 6.11. The molecule has 1 aromatic carbocycles. The van der Waals surface area contributed by atoms with Gasteiger partial charge in [0.25, 0.3) is 0 Å². The van der Waals surface area contributed by atoms with E-state index in [1.54, 1.807) is 19.2 Å². The van der Waals surface area contributed by atoms with E-state index in [1.807, 2.05) is 6.92 Å². The summed E-state index contributed by atoms with van der Waals surface area (Å²) in [5.41, 5.74) is 1.61. The van der Waals surface area contributed by atoms with Crippen LogP contribution in [0.25, 0.3) is 11.5 Å². The molecule has 0 amide bonds. The van der Waals surface area contributed by atoms with E-state index in [9.17, 15) is 4.39 Å². The van der Waals surface area contributed by atoms with E-state index in [0.29, 0.717) is 11.5 Å². The molecular formula is C18H23FN2O3. The van der Waals surface area contributed by atoms with E-state index < -0.39 is 5.82 Å². The predicted molar refractivity (Wildman–Crippen MR) is 88.5 cm³/mol. The second-order valence-electron chi connectivity index (χ2n) is 6.11. The Balaban J connectivity index is 1.77. The minimum absolute atomic E-state index is 0.184. The minimum atomic E-state index is -0.399. The Bertz CT molecular complexity index is 702. The highest BCUT2D eigenvalue weighted by molar-refractivity contribution is 5.56. The first kappa shape index (κ1) is 16.9. The smallest absolute Gasteiger partial charge is 0.226 e. The summed E-state index contributed by atoms with van der Waals surface area (Å²) in [5, 5.41) is 0. The van der Waals surface area contributed by atoms with Gasteiger partial charge in [0.15, 0.2) is 11.6 Å². The number of aromatic nitrogens is 1. The van der Waals surface area contributed by atoms with Crippen LogP contribution in [0.15, 0.2) is 22.6 Å². The highest BCUT2D eigenvalue weighted by Crippen LogP contribution is 2.28. The van der Waals surface area contributed by atoms with Gasteiger partial charge in [0.1, 0.15) is 5.76 Å². The Labute approximate surface area is 141 Å². The fourth-order valence-corrected chi connectivity index (χ4v) is 3.05. The molecule has 5 nitrogen and oxygen atoms in total. The third-order valence-electron chi connectivity index (χ3n) is 4.46. The fourth-order valence-electron chi connectivity index (χ4n) is 3.05. The number of hydrogen-bond donors (Lipinski definition) is 0. The van der Waals surface area contributed by atoms with Crippen molar-refractivity contribution in [3.63, 3.8) is 0 Å². The molecular weight excluding hydrogens is 311 g/mol. The summed E-state index contributed by atoms with van der Waals surface area (Å²) in [6.07, 6.45) is 2.51. The first-order valence-electron chi connectivity index (χ1n) is 8.16. The Morgan fingerprint density at radius 1 is 1.38 bits per heavy atom. The molecule has 130 valence electrons. The number of oxazole rings is 1. The van der Waals surface area contributed by atoms with Crippen LogP contribution in [-0.2, 0) is 11.3 Å². The van der Waals surface area contributed by atoms with Crippen molar-refractivity contribution in [1.29, 1.82) is 0 Å². The van der Waals surface area contributed by atoms with Gasteiger partial charge in [0.05, 0.1) is 18.9 Å². The van der Waals surface area contributed by atoms with Gasteiger partial charge in [-0.3, -0.25) is 4.90 Å². The molecule has 0 bridgehead atoms. The van der Waals surface area contributed by atoms with Crippen LogP contribution in [0.2, 0.25) is 0 Å². The Kier molecular flexibility index (Phi) is 5.16. The molecule has 3 rings (SSSR count). The maximum Gasteiger partial charge on any atom is 0.226 e. The second kappa shape index (κ2) is 7.32. The van der Waals surface area contributed by atoms with Crippen LogP contribution in [0.3, 0.4) is 0 Å². The van der Waals surface area contributed by atoms with Crippen LogP contribution in [0.5, 0.6) is 5.75 Å². The lowest BCUT2D eigenvalue weighted by Gasteiger charge is -2.31. The molecule has 0 radical (unpaired) electrons. The molecule has 0 aliphatic carbocycles. The number of likely N-dealkylation sites (tertiary alicyclic amines) is 1. The van der Waals surface area contributed by atoms with Crippen molar-refractivity contribution >= 4 is 0 Å². The van der Waals surface area contributed by atoms with Gasteiger partial charge in [-0.1, -0.05) is 0 Å². The van der Waals surface area contributed by atoms with Gasteiger partial charge in [-0.05, 0) is 44.5 Å². The van der Waals surface area contributed by atoms with Gasteiger partial charge < -0.3 is 13.9 Å². The maximum atomic E-state index is 13.6. The molecule has 1 aromatic heterocycles. The quantitative estimate of drug-likeness (QED) is 0.838. The lowest BCUT2D eigenvalue weighted by molar-refractivity contribution is 0.0280. The Hall–Kier alpha value is -1.92. The number of ether oxygens (including phenoxy) is 2. The molecule has 1 fully saturated rings. The molecule has 1 aliphatic heterocycles. The maximum absolute atomic E-state index is 13.6. The molecule has 1 saturated heterocycles. The van der Waals surface area contributed by atoms with Crippen LogP contribution in [0.4, 0.5) is 4.39 Å². The number of methoxy groups -OCH3 is 2. The van der Waals surface area contributed by atoms with Crippen molar-refractivity contribution in [2.75, 3.05) is 27.3 Å². The SMILES string of the molecule is COc1cc(-c2nc(CN3CCC[C@H](OC)C3)c(C)o2)ccc1F. The summed E-state index contributed by atoms with van der Waals surface area (Å²) in [6, 6.07) is 4.61. The van der Waals surface area contributed by atoms with E-state index in [2.05, 4.69) is 9.88 Å². The van der Waals surface area contributed by atoms with Crippen molar-refractivity contribution in [3.8, 4) is 17.2 Å². The highest BCUT2D eigenvalue weighted by Gasteiger charge is 2.22. The van der Waals surface area contributed by atoms with Crippen molar-refractivity contribution in [1.82, 2.24) is 9.88 Å². The van der Waals surface area contributed by atoms with Crippen LogP contribution < -0.4 is 4.74 Å². The molecule has 2 aromatic rings. The van der Waals surface area contributed by atoms with Crippen LogP contribution in [0.1, 0.15) is 24.3 Å². The van der Waals surface area contributed by atoms with Crippen LogP contribution in [-0.4, -0.2) is 43.3 Å². The number of nitrogens with zero attached hydrogens (tertiary/aromatic N) is 2. The summed E-state index contributed by atoms with van der Waals surface area (Å²) in [6.45, 7) is 4.58. The van der Waals surface area contributed by atoms with Gasteiger partial charge in [0, 0.05) is 25.8 Å². The topological polar surface area (TPSA) is 47.7 Å². The normalized spacial score (nSPS) is 18.8. The Morgan fingerprint density at radius 2 is 2.21 bits per heavy atom. The predicted octanol–water partition coefficient (Wildman–Crippen LogP) is 3.41. The fraction of sp³-hybridized carbons (Fsp3) is 0.500. The van der Waals surface area contributed by atoms with Gasteiger partial charge in [-0.25, -0.2) is 9.37 Å². The van der Waals surface area contributed by atoms with E-state index in [-0.39, 0.29) is 11.9 Å². The summed E-state index contributed by atoms with van der Waals surface area (Å²) in [7, 11) is 3.20.